The average Bonchev–Trinajstić information content (AvgIpc) is 2.86. The van der Waals surface area contributed by atoms with E-state index < -0.39 is 0 Å². The van der Waals surface area contributed by atoms with Crippen LogP contribution in [0.25, 0.3) is 0 Å². The van der Waals surface area contributed by atoms with Gasteiger partial charge in [0, 0.05) is 34.2 Å². The van der Waals surface area contributed by atoms with E-state index in [4.69, 9.17) is 0 Å². The Morgan fingerprint density at radius 1 is 1.38 bits per heavy atom. The number of aromatic nitrogens is 2. The van der Waals surface area contributed by atoms with Crippen LogP contribution in [0.4, 0.5) is 5.95 Å². The van der Waals surface area contributed by atoms with Crippen molar-refractivity contribution in [1.82, 2.24) is 20.2 Å². The molecule has 0 spiro atoms. The SMILES string of the molecule is CN=C(NCc1cnc(N(C)C)n1C)NC1CCC(C)(C)CC1.I. The Morgan fingerprint density at radius 2 is 2.00 bits per heavy atom. The van der Waals surface area contributed by atoms with Crippen molar-refractivity contribution in [2.45, 2.75) is 52.1 Å². The summed E-state index contributed by atoms with van der Waals surface area (Å²) in [5, 5.41) is 6.97. The number of hydrogen-bond donors (Lipinski definition) is 2. The predicted octanol–water partition coefficient (Wildman–Crippen LogP) is 2.74. The first kappa shape index (κ1) is 21.1. The molecular weight excluding hydrogens is 415 g/mol. The normalized spacial score (nSPS) is 18.0. The number of aliphatic imine (C=N–C) groups is 1. The standard InChI is InChI=1S/C17H32N6.HI/c1-17(2)9-7-13(8-10-17)21-15(18-3)19-11-14-12-20-16(22(4)5)23(14)6;/h12-13H,7-11H2,1-6H3,(H2,18,19,21);1H. The van der Waals surface area contributed by atoms with Gasteiger partial charge >= 0.3 is 0 Å². The van der Waals surface area contributed by atoms with Gasteiger partial charge < -0.3 is 20.1 Å². The van der Waals surface area contributed by atoms with Crippen molar-refractivity contribution >= 4 is 35.9 Å². The van der Waals surface area contributed by atoms with Crippen molar-refractivity contribution in [3.05, 3.63) is 11.9 Å². The van der Waals surface area contributed by atoms with Crippen LogP contribution in [0.3, 0.4) is 0 Å². The van der Waals surface area contributed by atoms with Crippen molar-refractivity contribution < 1.29 is 0 Å². The highest BCUT2D eigenvalue weighted by Crippen LogP contribution is 2.34. The van der Waals surface area contributed by atoms with Crippen LogP contribution in [0.1, 0.15) is 45.2 Å². The topological polar surface area (TPSA) is 57.5 Å². The highest BCUT2D eigenvalue weighted by atomic mass is 127. The summed E-state index contributed by atoms with van der Waals surface area (Å²) < 4.78 is 2.10. The van der Waals surface area contributed by atoms with E-state index in [0.717, 1.165) is 24.1 Å². The third-order valence-electron chi connectivity index (χ3n) is 4.80. The lowest BCUT2D eigenvalue weighted by Gasteiger charge is -2.35. The average molecular weight is 448 g/mol. The maximum Gasteiger partial charge on any atom is 0.204 e. The number of anilines is 1. The van der Waals surface area contributed by atoms with E-state index in [0.29, 0.717) is 11.5 Å². The van der Waals surface area contributed by atoms with E-state index in [2.05, 4.69) is 39.0 Å². The molecular formula is C17H33IN6. The highest BCUT2D eigenvalue weighted by molar-refractivity contribution is 14.0. The summed E-state index contributed by atoms with van der Waals surface area (Å²) in [4.78, 5) is 10.8. The molecule has 1 aliphatic carbocycles. The van der Waals surface area contributed by atoms with Gasteiger partial charge in [-0.2, -0.15) is 0 Å². The van der Waals surface area contributed by atoms with Crippen molar-refractivity contribution in [2.75, 3.05) is 26.0 Å². The summed E-state index contributed by atoms with van der Waals surface area (Å²) >= 11 is 0. The summed E-state index contributed by atoms with van der Waals surface area (Å²) in [7, 11) is 7.88. The van der Waals surface area contributed by atoms with Gasteiger partial charge in [0.2, 0.25) is 5.95 Å². The van der Waals surface area contributed by atoms with Crippen molar-refractivity contribution in [1.29, 1.82) is 0 Å². The smallest absolute Gasteiger partial charge is 0.204 e. The Labute approximate surface area is 163 Å². The van der Waals surface area contributed by atoms with Gasteiger partial charge in [0.25, 0.3) is 0 Å². The summed E-state index contributed by atoms with van der Waals surface area (Å²) in [5.41, 5.74) is 1.63. The number of halogens is 1. The largest absolute Gasteiger partial charge is 0.354 e. The van der Waals surface area contributed by atoms with E-state index in [-0.39, 0.29) is 24.0 Å². The van der Waals surface area contributed by atoms with Crippen LogP contribution in [0, 0.1) is 5.41 Å². The van der Waals surface area contributed by atoms with Crippen LogP contribution in [-0.4, -0.2) is 42.7 Å². The molecule has 0 aliphatic heterocycles. The first-order valence-electron chi connectivity index (χ1n) is 8.47. The lowest BCUT2D eigenvalue weighted by molar-refractivity contribution is 0.216. The van der Waals surface area contributed by atoms with Crippen LogP contribution in [-0.2, 0) is 13.6 Å². The molecule has 0 saturated heterocycles. The van der Waals surface area contributed by atoms with Crippen LogP contribution in [0.15, 0.2) is 11.2 Å². The number of guanidine groups is 1. The summed E-state index contributed by atoms with van der Waals surface area (Å²) in [6, 6.07) is 0.526. The Morgan fingerprint density at radius 3 is 2.50 bits per heavy atom. The van der Waals surface area contributed by atoms with Crippen LogP contribution < -0.4 is 15.5 Å². The molecule has 0 bridgehead atoms. The molecule has 0 atom stereocenters. The van der Waals surface area contributed by atoms with E-state index in [1.54, 1.807) is 0 Å². The molecule has 0 amide bonds. The fourth-order valence-electron chi connectivity index (χ4n) is 3.12. The van der Waals surface area contributed by atoms with Crippen molar-refractivity contribution in [3.63, 3.8) is 0 Å². The molecule has 24 heavy (non-hydrogen) atoms. The molecule has 7 heteroatoms. The second-order valence-electron chi connectivity index (χ2n) is 7.51. The highest BCUT2D eigenvalue weighted by Gasteiger charge is 2.27. The molecule has 1 heterocycles. The molecule has 6 nitrogen and oxygen atoms in total. The minimum atomic E-state index is 0. The van der Waals surface area contributed by atoms with Crippen molar-refractivity contribution in [2.24, 2.45) is 17.5 Å². The van der Waals surface area contributed by atoms with Gasteiger partial charge in [0.1, 0.15) is 0 Å². The van der Waals surface area contributed by atoms with Gasteiger partial charge in [-0.1, -0.05) is 13.8 Å². The Kier molecular flexibility index (Phi) is 7.82. The number of rotatable bonds is 4. The van der Waals surface area contributed by atoms with Crippen LogP contribution in [0.5, 0.6) is 0 Å². The van der Waals surface area contributed by atoms with Gasteiger partial charge in [0.15, 0.2) is 5.96 Å². The monoisotopic (exact) mass is 448 g/mol. The van der Waals surface area contributed by atoms with E-state index in [1.807, 2.05) is 39.3 Å². The van der Waals surface area contributed by atoms with Gasteiger partial charge in [-0.05, 0) is 31.1 Å². The second-order valence-corrected chi connectivity index (χ2v) is 7.51. The molecule has 1 aromatic heterocycles. The molecule has 2 N–H and O–H groups in total. The third kappa shape index (κ3) is 5.53. The number of hydrogen-bond acceptors (Lipinski definition) is 3. The molecule has 0 radical (unpaired) electrons. The lowest BCUT2D eigenvalue weighted by Crippen LogP contribution is -2.45. The quantitative estimate of drug-likeness (QED) is 0.423. The molecule has 0 unspecified atom stereocenters. The zero-order valence-electron chi connectivity index (χ0n) is 15.9. The number of nitrogens with one attached hydrogen (secondary N) is 2. The van der Waals surface area contributed by atoms with Gasteiger partial charge in [-0.25, -0.2) is 4.98 Å². The Balaban J connectivity index is 0.00000288. The maximum atomic E-state index is 4.44. The van der Waals surface area contributed by atoms with Gasteiger partial charge in [-0.15, -0.1) is 24.0 Å². The summed E-state index contributed by atoms with van der Waals surface area (Å²) in [5.74, 6) is 1.83. The van der Waals surface area contributed by atoms with E-state index >= 15 is 0 Å². The molecule has 1 fully saturated rings. The van der Waals surface area contributed by atoms with E-state index in [9.17, 15) is 0 Å². The second kappa shape index (κ2) is 8.92. The van der Waals surface area contributed by atoms with Crippen molar-refractivity contribution in [3.8, 4) is 0 Å². The van der Waals surface area contributed by atoms with Gasteiger partial charge in [0.05, 0.1) is 18.4 Å². The molecule has 1 saturated carbocycles. The lowest BCUT2D eigenvalue weighted by atomic mass is 9.75. The molecule has 138 valence electrons. The molecule has 2 rings (SSSR count). The predicted molar refractivity (Wildman–Crippen MR) is 112 cm³/mol. The number of nitrogens with zero attached hydrogens (tertiary/aromatic N) is 4. The number of imidazole rings is 1. The Bertz CT molecular complexity index is 539. The van der Waals surface area contributed by atoms with Crippen LogP contribution in [0.2, 0.25) is 0 Å². The van der Waals surface area contributed by atoms with Gasteiger partial charge in [-0.3, -0.25) is 4.99 Å². The van der Waals surface area contributed by atoms with E-state index in [1.165, 1.54) is 25.7 Å². The zero-order chi connectivity index (χ0) is 17.0. The molecule has 1 aliphatic rings. The third-order valence-corrected chi connectivity index (χ3v) is 4.80. The minimum Gasteiger partial charge on any atom is -0.354 e. The first-order valence-corrected chi connectivity index (χ1v) is 8.47. The maximum absolute atomic E-state index is 4.44. The minimum absolute atomic E-state index is 0. The first-order chi connectivity index (χ1) is 10.8. The molecule has 0 aromatic carbocycles. The summed E-state index contributed by atoms with van der Waals surface area (Å²) in [6.07, 6.45) is 6.89. The fourth-order valence-corrected chi connectivity index (χ4v) is 3.12. The molecule has 1 aromatic rings. The fraction of sp³-hybridized carbons (Fsp3) is 0.765. The Hall–Kier alpha value is -0.990. The zero-order valence-corrected chi connectivity index (χ0v) is 18.2. The summed E-state index contributed by atoms with van der Waals surface area (Å²) in [6.45, 7) is 5.44. The van der Waals surface area contributed by atoms with Crippen LogP contribution >= 0.6 is 24.0 Å².